The average molecular weight is 257 g/mol. The van der Waals surface area contributed by atoms with E-state index in [0.29, 0.717) is 17.0 Å². The Balaban J connectivity index is 2.63. The predicted molar refractivity (Wildman–Crippen MR) is 74.2 cm³/mol. The van der Waals surface area contributed by atoms with E-state index in [2.05, 4.69) is 0 Å². The lowest BCUT2D eigenvalue weighted by Crippen LogP contribution is -2.04. The van der Waals surface area contributed by atoms with Crippen LogP contribution in [0.15, 0.2) is 42.5 Å². The number of anilines is 1. The quantitative estimate of drug-likeness (QED) is 0.826. The molecule has 0 radical (unpaired) electrons. The Morgan fingerprint density at radius 1 is 1.21 bits per heavy atom. The van der Waals surface area contributed by atoms with Crippen LogP contribution in [-0.2, 0) is 11.2 Å². The van der Waals surface area contributed by atoms with Gasteiger partial charge in [0.25, 0.3) is 0 Å². The molecule has 0 fully saturated rings. The van der Waals surface area contributed by atoms with Crippen LogP contribution in [0.5, 0.6) is 5.75 Å². The van der Waals surface area contributed by atoms with Crippen molar-refractivity contribution < 1.29 is 14.6 Å². The Labute approximate surface area is 111 Å². The largest absolute Gasteiger partial charge is 0.496 e. The first-order valence-electron chi connectivity index (χ1n) is 5.86. The Bertz CT molecular complexity index is 608. The molecule has 0 atom stereocenters. The molecule has 19 heavy (non-hydrogen) atoms. The maximum atomic E-state index is 10.9. The van der Waals surface area contributed by atoms with Crippen LogP contribution >= 0.6 is 0 Å². The van der Waals surface area contributed by atoms with E-state index in [1.807, 2.05) is 24.3 Å². The van der Waals surface area contributed by atoms with Gasteiger partial charge in [-0.1, -0.05) is 30.3 Å². The Hall–Kier alpha value is -2.49. The number of hydrogen-bond acceptors (Lipinski definition) is 3. The molecule has 0 aliphatic rings. The second kappa shape index (κ2) is 5.44. The highest BCUT2D eigenvalue weighted by molar-refractivity contribution is 5.86. The minimum atomic E-state index is -0.887. The highest BCUT2D eigenvalue weighted by atomic mass is 16.5. The topological polar surface area (TPSA) is 72.5 Å². The van der Waals surface area contributed by atoms with Gasteiger partial charge in [0.15, 0.2) is 0 Å². The first-order chi connectivity index (χ1) is 9.13. The SMILES string of the molecule is COc1ccccc1-c1c(N)cccc1CC(=O)O. The summed E-state index contributed by atoms with van der Waals surface area (Å²) in [6.45, 7) is 0. The van der Waals surface area contributed by atoms with Gasteiger partial charge in [0.2, 0.25) is 0 Å². The van der Waals surface area contributed by atoms with Crippen molar-refractivity contribution in [2.24, 2.45) is 0 Å². The fourth-order valence-corrected chi connectivity index (χ4v) is 2.11. The molecule has 0 saturated heterocycles. The van der Waals surface area contributed by atoms with Crippen LogP contribution in [0.25, 0.3) is 11.1 Å². The lowest BCUT2D eigenvalue weighted by molar-refractivity contribution is -0.136. The van der Waals surface area contributed by atoms with Crippen LogP contribution in [0.3, 0.4) is 0 Å². The number of methoxy groups -OCH3 is 1. The molecule has 0 aromatic heterocycles. The lowest BCUT2D eigenvalue weighted by Gasteiger charge is -2.14. The maximum absolute atomic E-state index is 10.9. The number of aliphatic carboxylic acids is 1. The van der Waals surface area contributed by atoms with E-state index >= 15 is 0 Å². The van der Waals surface area contributed by atoms with Gasteiger partial charge in [-0.3, -0.25) is 4.79 Å². The Kier molecular flexibility index (Phi) is 3.71. The molecule has 2 aromatic rings. The standard InChI is InChI=1S/C15H15NO3/c1-19-13-8-3-2-6-11(13)15-10(9-14(17)18)5-4-7-12(15)16/h2-8H,9,16H2,1H3,(H,17,18). The van der Waals surface area contributed by atoms with Gasteiger partial charge in [-0.05, 0) is 17.7 Å². The van der Waals surface area contributed by atoms with Gasteiger partial charge < -0.3 is 15.6 Å². The van der Waals surface area contributed by atoms with Crippen molar-refractivity contribution in [3.8, 4) is 16.9 Å². The first-order valence-corrected chi connectivity index (χ1v) is 5.86. The van der Waals surface area contributed by atoms with E-state index in [1.54, 1.807) is 25.3 Å². The summed E-state index contributed by atoms with van der Waals surface area (Å²) in [4.78, 5) is 10.9. The molecule has 0 aliphatic heterocycles. The summed E-state index contributed by atoms with van der Waals surface area (Å²) in [7, 11) is 1.58. The monoisotopic (exact) mass is 257 g/mol. The zero-order chi connectivity index (χ0) is 13.8. The van der Waals surface area contributed by atoms with Crippen LogP contribution in [0.1, 0.15) is 5.56 Å². The summed E-state index contributed by atoms with van der Waals surface area (Å²) >= 11 is 0. The molecular formula is C15H15NO3. The third-order valence-corrected chi connectivity index (χ3v) is 2.90. The van der Waals surface area contributed by atoms with Crippen LogP contribution in [-0.4, -0.2) is 18.2 Å². The summed E-state index contributed by atoms with van der Waals surface area (Å²) in [6.07, 6.45) is -0.0710. The highest BCUT2D eigenvalue weighted by Crippen LogP contribution is 2.36. The molecule has 0 amide bonds. The van der Waals surface area contributed by atoms with Crippen LogP contribution in [0, 0.1) is 0 Å². The lowest BCUT2D eigenvalue weighted by atomic mass is 9.95. The van der Waals surface area contributed by atoms with E-state index in [-0.39, 0.29) is 6.42 Å². The van der Waals surface area contributed by atoms with Crippen molar-refractivity contribution in [1.82, 2.24) is 0 Å². The number of benzene rings is 2. The van der Waals surface area contributed by atoms with E-state index in [4.69, 9.17) is 15.6 Å². The molecule has 0 saturated carbocycles. The first kappa shape index (κ1) is 13.0. The van der Waals surface area contributed by atoms with Gasteiger partial charge >= 0.3 is 5.97 Å². The molecule has 0 spiro atoms. The number of rotatable bonds is 4. The van der Waals surface area contributed by atoms with E-state index in [1.165, 1.54) is 0 Å². The van der Waals surface area contributed by atoms with Crippen molar-refractivity contribution in [1.29, 1.82) is 0 Å². The molecule has 0 unspecified atom stereocenters. The third-order valence-electron chi connectivity index (χ3n) is 2.90. The molecular weight excluding hydrogens is 242 g/mol. The van der Waals surface area contributed by atoms with Gasteiger partial charge in [-0.15, -0.1) is 0 Å². The average Bonchev–Trinajstić information content (AvgIpc) is 2.38. The zero-order valence-electron chi connectivity index (χ0n) is 10.6. The summed E-state index contributed by atoms with van der Waals surface area (Å²) < 4.78 is 5.31. The van der Waals surface area contributed by atoms with Gasteiger partial charge in [0, 0.05) is 16.8 Å². The van der Waals surface area contributed by atoms with Gasteiger partial charge in [-0.2, -0.15) is 0 Å². The zero-order valence-corrected chi connectivity index (χ0v) is 10.6. The molecule has 98 valence electrons. The molecule has 4 heteroatoms. The smallest absolute Gasteiger partial charge is 0.307 e. The number of carboxylic acids is 1. The van der Waals surface area contributed by atoms with Crippen LogP contribution < -0.4 is 10.5 Å². The molecule has 0 heterocycles. The third kappa shape index (κ3) is 2.68. The Morgan fingerprint density at radius 2 is 1.95 bits per heavy atom. The predicted octanol–water partition coefficient (Wildman–Crippen LogP) is 2.57. The molecule has 3 N–H and O–H groups in total. The van der Waals surface area contributed by atoms with Crippen LogP contribution in [0.4, 0.5) is 5.69 Å². The number of carbonyl (C=O) groups is 1. The van der Waals surface area contributed by atoms with Crippen molar-refractivity contribution >= 4 is 11.7 Å². The fourth-order valence-electron chi connectivity index (χ4n) is 2.11. The molecule has 0 aliphatic carbocycles. The second-order valence-corrected chi connectivity index (χ2v) is 4.15. The summed E-state index contributed by atoms with van der Waals surface area (Å²) in [5.41, 5.74) is 8.76. The summed E-state index contributed by atoms with van der Waals surface area (Å²) in [6, 6.07) is 12.7. The number of nitrogen functional groups attached to an aromatic ring is 1. The van der Waals surface area contributed by atoms with Crippen molar-refractivity contribution in [2.75, 3.05) is 12.8 Å². The number of nitrogens with two attached hydrogens (primary N) is 1. The molecule has 2 rings (SSSR count). The summed E-state index contributed by atoms with van der Waals surface area (Å²) in [5.74, 6) is -0.214. The maximum Gasteiger partial charge on any atom is 0.307 e. The number of carboxylic acid groups (broad SMARTS) is 1. The van der Waals surface area contributed by atoms with E-state index in [0.717, 1.165) is 11.1 Å². The fraction of sp³-hybridized carbons (Fsp3) is 0.133. The Morgan fingerprint density at radius 3 is 2.63 bits per heavy atom. The minimum absolute atomic E-state index is 0.0710. The van der Waals surface area contributed by atoms with Crippen molar-refractivity contribution in [3.63, 3.8) is 0 Å². The van der Waals surface area contributed by atoms with Crippen LogP contribution in [0.2, 0.25) is 0 Å². The van der Waals surface area contributed by atoms with E-state index < -0.39 is 5.97 Å². The van der Waals surface area contributed by atoms with Gasteiger partial charge in [0.1, 0.15) is 5.75 Å². The number of hydrogen-bond donors (Lipinski definition) is 2. The number of ether oxygens (including phenoxy) is 1. The normalized spacial score (nSPS) is 10.2. The van der Waals surface area contributed by atoms with E-state index in [9.17, 15) is 4.79 Å². The van der Waals surface area contributed by atoms with Gasteiger partial charge in [0.05, 0.1) is 13.5 Å². The van der Waals surface area contributed by atoms with Crippen molar-refractivity contribution in [3.05, 3.63) is 48.0 Å². The molecule has 0 bridgehead atoms. The second-order valence-electron chi connectivity index (χ2n) is 4.15. The minimum Gasteiger partial charge on any atom is -0.496 e. The molecule has 4 nitrogen and oxygen atoms in total. The summed E-state index contributed by atoms with van der Waals surface area (Å²) in [5, 5.41) is 8.98. The van der Waals surface area contributed by atoms with Gasteiger partial charge in [-0.25, -0.2) is 0 Å². The highest BCUT2D eigenvalue weighted by Gasteiger charge is 2.14. The van der Waals surface area contributed by atoms with Crippen molar-refractivity contribution in [2.45, 2.75) is 6.42 Å². The molecule has 2 aromatic carbocycles. The number of para-hydroxylation sites is 1.